The van der Waals surface area contributed by atoms with Crippen molar-refractivity contribution in [2.24, 2.45) is 4.99 Å². The summed E-state index contributed by atoms with van der Waals surface area (Å²) >= 11 is 0. The molecular weight excluding hydrogens is 192 g/mol. The molecule has 4 heteroatoms. The first kappa shape index (κ1) is 11.5. The van der Waals surface area contributed by atoms with Gasteiger partial charge in [0.1, 0.15) is 6.17 Å². The van der Waals surface area contributed by atoms with E-state index in [1.807, 2.05) is 0 Å². The lowest BCUT2D eigenvalue weighted by atomic mass is 10.1. The second-order valence-corrected chi connectivity index (χ2v) is 3.51. The molecular formula is C11H16N2O2. The van der Waals surface area contributed by atoms with Crippen LogP contribution in [0.25, 0.3) is 0 Å². The van der Waals surface area contributed by atoms with Crippen LogP contribution in [-0.4, -0.2) is 23.5 Å². The maximum atomic E-state index is 10.7. The molecule has 0 aromatic rings. The van der Waals surface area contributed by atoms with Gasteiger partial charge in [0.2, 0.25) is 0 Å². The van der Waals surface area contributed by atoms with Gasteiger partial charge in [-0.05, 0) is 12.5 Å². The number of aliphatic carboxylic acids is 1. The maximum absolute atomic E-state index is 10.7. The number of carboxylic acids is 1. The second kappa shape index (κ2) is 5.34. The number of rotatable bonds is 5. The second-order valence-electron chi connectivity index (χ2n) is 3.51. The van der Waals surface area contributed by atoms with Gasteiger partial charge in [0.25, 0.3) is 0 Å². The van der Waals surface area contributed by atoms with Gasteiger partial charge in [-0.25, -0.2) is 4.79 Å². The number of aliphatic imine (C=N–C) groups is 1. The molecule has 1 heterocycles. The number of dihydropyridines is 1. The average Bonchev–Trinajstić information content (AvgIpc) is 2.18. The molecule has 1 aliphatic rings. The first-order valence-corrected chi connectivity index (χ1v) is 5.03. The van der Waals surface area contributed by atoms with Crippen molar-refractivity contribution in [3.8, 4) is 0 Å². The molecule has 0 bridgehead atoms. The van der Waals surface area contributed by atoms with E-state index in [0.717, 1.165) is 18.5 Å². The third-order valence-corrected chi connectivity index (χ3v) is 2.15. The van der Waals surface area contributed by atoms with Crippen LogP contribution in [0.1, 0.15) is 26.2 Å². The molecule has 0 unspecified atom stereocenters. The Hall–Kier alpha value is -1.58. The molecule has 0 fully saturated rings. The highest BCUT2D eigenvalue weighted by molar-refractivity contribution is 5.93. The van der Waals surface area contributed by atoms with E-state index in [4.69, 9.17) is 5.11 Å². The van der Waals surface area contributed by atoms with Crippen molar-refractivity contribution in [1.29, 1.82) is 0 Å². The molecule has 0 aromatic heterocycles. The van der Waals surface area contributed by atoms with E-state index < -0.39 is 5.97 Å². The van der Waals surface area contributed by atoms with E-state index in [1.54, 1.807) is 0 Å². The van der Waals surface area contributed by atoms with E-state index in [2.05, 4.69) is 23.8 Å². The lowest BCUT2D eigenvalue weighted by Crippen LogP contribution is -2.29. The number of nitrogens with zero attached hydrogens (tertiary/aromatic N) is 1. The van der Waals surface area contributed by atoms with Gasteiger partial charge in [-0.1, -0.05) is 19.9 Å². The van der Waals surface area contributed by atoms with E-state index in [-0.39, 0.29) is 6.17 Å². The Morgan fingerprint density at radius 3 is 3.13 bits per heavy atom. The predicted molar refractivity (Wildman–Crippen MR) is 59.8 cm³/mol. The van der Waals surface area contributed by atoms with Crippen LogP contribution in [0.3, 0.4) is 0 Å². The summed E-state index contributed by atoms with van der Waals surface area (Å²) in [5.74, 6) is -0.881. The molecule has 0 spiro atoms. The molecule has 0 saturated heterocycles. The summed E-state index contributed by atoms with van der Waals surface area (Å²) < 4.78 is 0. The Morgan fingerprint density at radius 2 is 2.53 bits per heavy atom. The Labute approximate surface area is 89.4 Å². The van der Waals surface area contributed by atoms with Crippen molar-refractivity contribution in [2.45, 2.75) is 32.4 Å². The summed E-state index contributed by atoms with van der Waals surface area (Å²) in [6.45, 7) is 5.93. The van der Waals surface area contributed by atoms with Crippen molar-refractivity contribution < 1.29 is 9.90 Å². The lowest BCUT2D eigenvalue weighted by Gasteiger charge is -2.19. The van der Waals surface area contributed by atoms with Crippen LogP contribution in [0, 0.1) is 0 Å². The zero-order valence-electron chi connectivity index (χ0n) is 8.86. The molecule has 2 N–H and O–H groups in total. The topological polar surface area (TPSA) is 61.7 Å². The minimum Gasteiger partial charge on any atom is -0.478 e. The number of allylic oxidation sites excluding steroid dienone is 2. The fraction of sp³-hybridized carbons (Fsp3) is 0.455. The van der Waals surface area contributed by atoms with E-state index in [9.17, 15) is 4.79 Å². The Kier molecular flexibility index (Phi) is 4.09. The van der Waals surface area contributed by atoms with Crippen LogP contribution in [0.4, 0.5) is 0 Å². The highest BCUT2D eigenvalue weighted by atomic mass is 16.4. The minimum atomic E-state index is -0.881. The monoisotopic (exact) mass is 208 g/mol. The number of carbonyl (C=O) groups is 1. The molecule has 0 aliphatic carbocycles. The third kappa shape index (κ3) is 3.58. The summed E-state index contributed by atoms with van der Waals surface area (Å²) in [5, 5.41) is 11.9. The van der Waals surface area contributed by atoms with Gasteiger partial charge in [0, 0.05) is 23.9 Å². The van der Waals surface area contributed by atoms with Crippen LogP contribution in [-0.2, 0) is 4.79 Å². The summed E-state index contributed by atoms with van der Waals surface area (Å²) in [5.41, 5.74) is 1.29. The molecule has 82 valence electrons. The van der Waals surface area contributed by atoms with Gasteiger partial charge in [-0.2, -0.15) is 0 Å². The first-order chi connectivity index (χ1) is 7.13. The van der Waals surface area contributed by atoms with Crippen molar-refractivity contribution in [1.82, 2.24) is 5.32 Å². The van der Waals surface area contributed by atoms with Gasteiger partial charge < -0.3 is 10.4 Å². The normalized spacial score (nSPS) is 19.5. The standard InChI is InChI=1S/C11H16N2O2/c1-3-4-8(2)13-10-7-9(11(14)15)5-6-12-10/h5-6,10,13H,2-4,7H2,1H3,(H,14,15)/t10-/m1/s1. The van der Waals surface area contributed by atoms with Gasteiger partial charge in [-0.3, -0.25) is 4.99 Å². The van der Waals surface area contributed by atoms with Gasteiger partial charge in [0.05, 0.1) is 0 Å². The van der Waals surface area contributed by atoms with Crippen LogP contribution in [0.15, 0.2) is 28.9 Å². The molecule has 0 radical (unpaired) electrons. The summed E-state index contributed by atoms with van der Waals surface area (Å²) in [4.78, 5) is 14.9. The van der Waals surface area contributed by atoms with Crippen LogP contribution < -0.4 is 5.32 Å². The zero-order valence-corrected chi connectivity index (χ0v) is 8.86. The molecule has 4 nitrogen and oxygen atoms in total. The van der Waals surface area contributed by atoms with Crippen molar-refractivity contribution in [2.75, 3.05) is 0 Å². The largest absolute Gasteiger partial charge is 0.478 e. The number of nitrogens with one attached hydrogen (secondary N) is 1. The minimum absolute atomic E-state index is 0.180. The smallest absolute Gasteiger partial charge is 0.331 e. The Morgan fingerprint density at radius 1 is 1.80 bits per heavy atom. The summed E-state index contributed by atoms with van der Waals surface area (Å²) in [6.07, 6.45) is 5.20. The van der Waals surface area contributed by atoms with Crippen molar-refractivity contribution in [3.05, 3.63) is 23.9 Å². The van der Waals surface area contributed by atoms with Crippen LogP contribution in [0.5, 0.6) is 0 Å². The fourth-order valence-electron chi connectivity index (χ4n) is 1.42. The zero-order chi connectivity index (χ0) is 11.3. The van der Waals surface area contributed by atoms with Gasteiger partial charge in [-0.15, -0.1) is 0 Å². The summed E-state index contributed by atoms with van der Waals surface area (Å²) in [6, 6.07) is 0. The fourth-order valence-corrected chi connectivity index (χ4v) is 1.42. The Bertz CT molecular complexity index is 319. The number of hydrogen-bond acceptors (Lipinski definition) is 3. The molecule has 15 heavy (non-hydrogen) atoms. The number of hydrogen-bond donors (Lipinski definition) is 2. The quantitative estimate of drug-likeness (QED) is 0.723. The summed E-state index contributed by atoms with van der Waals surface area (Å²) in [7, 11) is 0. The molecule has 1 aliphatic heterocycles. The maximum Gasteiger partial charge on any atom is 0.331 e. The number of carboxylic acid groups (broad SMARTS) is 1. The SMILES string of the molecule is C=C(CCC)N[C@@H]1CC(C(=O)O)=CC=N1. The van der Waals surface area contributed by atoms with Gasteiger partial charge in [0.15, 0.2) is 0 Å². The predicted octanol–water partition coefficient (Wildman–Crippen LogP) is 1.70. The molecule has 1 atom stereocenters. The van der Waals surface area contributed by atoms with E-state index >= 15 is 0 Å². The average molecular weight is 208 g/mol. The van der Waals surface area contributed by atoms with E-state index in [1.165, 1.54) is 12.3 Å². The first-order valence-electron chi connectivity index (χ1n) is 5.03. The third-order valence-electron chi connectivity index (χ3n) is 2.15. The van der Waals surface area contributed by atoms with Crippen LogP contribution >= 0.6 is 0 Å². The van der Waals surface area contributed by atoms with Crippen LogP contribution in [0.2, 0.25) is 0 Å². The molecule has 0 aromatic carbocycles. The highest BCUT2D eigenvalue weighted by Crippen LogP contribution is 2.12. The van der Waals surface area contributed by atoms with Crippen molar-refractivity contribution >= 4 is 12.2 Å². The molecule has 0 amide bonds. The Balaban J connectivity index is 2.48. The van der Waals surface area contributed by atoms with Gasteiger partial charge >= 0.3 is 5.97 Å². The van der Waals surface area contributed by atoms with Crippen molar-refractivity contribution in [3.63, 3.8) is 0 Å². The highest BCUT2D eigenvalue weighted by Gasteiger charge is 2.16. The lowest BCUT2D eigenvalue weighted by molar-refractivity contribution is -0.132. The molecule has 0 saturated carbocycles. The van der Waals surface area contributed by atoms with E-state index in [0.29, 0.717) is 12.0 Å². The molecule has 1 rings (SSSR count).